The largest absolute Gasteiger partial charge is 0.395 e. The molecule has 4 rings (SSSR count). The topological polar surface area (TPSA) is 62.5 Å². The Morgan fingerprint density at radius 1 is 1.29 bits per heavy atom. The third kappa shape index (κ3) is 2.59. The number of piperidine rings is 1. The van der Waals surface area contributed by atoms with E-state index >= 15 is 0 Å². The lowest BCUT2D eigenvalue weighted by atomic mass is 9.78. The van der Waals surface area contributed by atoms with Gasteiger partial charge in [0.25, 0.3) is 0 Å². The quantitative estimate of drug-likeness (QED) is 0.768. The Morgan fingerprint density at radius 2 is 2.21 bits per heavy atom. The molecule has 0 aromatic carbocycles. The molecule has 6 heteroatoms. The second-order valence-corrected chi connectivity index (χ2v) is 6.78. The maximum atomic E-state index is 10.0. The number of halogens is 1. The van der Waals surface area contributed by atoms with Gasteiger partial charge in [0.15, 0.2) is 0 Å². The lowest BCUT2D eigenvalue weighted by molar-refractivity contribution is 0.159. The molecule has 0 aliphatic carbocycles. The molecule has 3 aromatic heterocycles. The number of pyridine rings is 2. The highest BCUT2D eigenvalue weighted by molar-refractivity contribution is 6.30. The summed E-state index contributed by atoms with van der Waals surface area (Å²) < 4.78 is 1.94. The lowest BCUT2D eigenvalue weighted by Gasteiger charge is -2.35. The van der Waals surface area contributed by atoms with Crippen LogP contribution in [0.3, 0.4) is 0 Å². The van der Waals surface area contributed by atoms with Crippen molar-refractivity contribution in [3.05, 3.63) is 53.4 Å². The van der Waals surface area contributed by atoms with E-state index in [1.54, 1.807) is 0 Å². The van der Waals surface area contributed by atoms with Crippen LogP contribution in [0.5, 0.6) is 0 Å². The number of hydrogen-bond donors (Lipinski definition) is 2. The van der Waals surface area contributed by atoms with E-state index in [4.69, 9.17) is 16.6 Å². The Labute approximate surface area is 145 Å². The molecule has 1 atom stereocenters. The SMILES string of the molecule is OC[C@]1(c2cccc(-c3cnc4ccc(Cl)cn34)n2)CCCNC1. The fraction of sp³-hybridized carbons (Fsp3) is 0.333. The highest BCUT2D eigenvalue weighted by Gasteiger charge is 2.34. The van der Waals surface area contributed by atoms with Crippen molar-refractivity contribution in [2.24, 2.45) is 0 Å². The summed E-state index contributed by atoms with van der Waals surface area (Å²) in [7, 11) is 0. The van der Waals surface area contributed by atoms with E-state index in [2.05, 4.69) is 10.3 Å². The van der Waals surface area contributed by atoms with Crippen molar-refractivity contribution in [3.8, 4) is 11.4 Å². The zero-order chi connectivity index (χ0) is 16.6. The number of nitrogens with zero attached hydrogens (tertiary/aromatic N) is 3. The Kier molecular flexibility index (Phi) is 4.00. The first-order valence-corrected chi connectivity index (χ1v) is 8.52. The van der Waals surface area contributed by atoms with Gasteiger partial charge in [0.1, 0.15) is 5.65 Å². The summed E-state index contributed by atoms with van der Waals surface area (Å²) in [6.07, 6.45) is 5.63. The van der Waals surface area contributed by atoms with E-state index in [0.29, 0.717) is 5.02 Å². The third-order valence-corrected chi connectivity index (χ3v) is 5.02. The number of rotatable bonds is 3. The van der Waals surface area contributed by atoms with Crippen LogP contribution in [0.25, 0.3) is 17.0 Å². The van der Waals surface area contributed by atoms with Crippen LogP contribution in [0.1, 0.15) is 18.5 Å². The van der Waals surface area contributed by atoms with Gasteiger partial charge in [-0.2, -0.15) is 0 Å². The maximum absolute atomic E-state index is 10.0. The van der Waals surface area contributed by atoms with E-state index in [0.717, 1.165) is 48.7 Å². The number of imidazole rings is 1. The van der Waals surface area contributed by atoms with Crippen molar-refractivity contribution < 1.29 is 5.11 Å². The molecule has 3 aromatic rings. The van der Waals surface area contributed by atoms with E-state index in [1.807, 2.05) is 47.1 Å². The van der Waals surface area contributed by atoms with Crippen LogP contribution in [0, 0.1) is 0 Å². The maximum Gasteiger partial charge on any atom is 0.137 e. The van der Waals surface area contributed by atoms with Gasteiger partial charge >= 0.3 is 0 Å². The number of hydrogen-bond acceptors (Lipinski definition) is 4. The van der Waals surface area contributed by atoms with Crippen LogP contribution in [-0.2, 0) is 5.41 Å². The van der Waals surface area contributed by atoms with Crippen molar-refractivity contribution >= 4 is 17.2 Å². The van der Waals surface area contributed by atoms with E-state index in [-0.39, 0.29) is 12.0 Å². The Balaban J connectivity index is 1.80. The molecule has 0 spiro atoms. The number of fused-ring (bicyclic) bond motifs is 1. The van der Waals surface area contributed by atoms with Gasteiger partial charge in [-0.15, -0.1) is 0 Å². The highest BCUT2D eigenvalue weighted by atomic mass is 35.5. The molecule has 2 N–H and O–H groups in total. The summed E-state index contributed by atoms with van der Waals surface area (Å²) in [5, 5.41) is 14.0. The van der Waals surface area contributed by atoms with Gasteiger partial charge < -0.3 is 10.4 Å². The molecule has 1 fully saturated rings. The zero-order valence-corrected chi connectivity index (χ0v) is 14.0. The average molecular weight is 343 g/mol. The molecule has 24 heavy (non-hydrogen) atoms. The predicted octanol–water partition coefficient (Wildman–Crippen LogP) is 2.66. The molecule has 124 valence electrons. The normalized spacial score (nSPS) is 21.2. The van der Waals surface area contributed by atoms with Crippen molar-refractivity contribution in [1.29, 1.82) is 0 Å². The Hall–Kier alpha value is -1.95. The molecule has 0 radical (unpaired) electrons. The van der Waals surface area contributed by atoms with Gasteiger partial charge in [-0.3, -0.25) is 9.38 Å². The lowest BCUT2D eigenvalue weighted by Crippen LogP contribution is -2.46. The minimum Gasteiger partial charge on any atom is -0.395 e. The number of aromatic nitrogens is 3. The van der Waals surface area contributed by atoms with Crippen molar-refractivity contribution in [2.75, 3.05) is 19.7 Å². The number of aliphatic hydroxyl groups excluding tert-OH is 1. The number of nitrogens with one attached hydrogen (secondary N) is 1. The fourth-order valence-electron chi connectivity index (χ4n) is 3.42. The molecule has 4 heterocycles. The zero-order valence-electron chi connectivity index (χ0n) is 13.2. The minimum absolute atomic E-state index is 0.0927. The summed E-state index contributed by atoms with van der Waals surface area (Å²) in [6, 6.07) is 9.67. The smallest absolute Gasteiger partial charge is 0.137 e. The molecule has 1 saturated heterocycles. The van der Waals surface area contributed by atoms with Crippen molar-refractivity contribution in [2.45, 2.75) is 18.3 Å². The first kappa shape index (κ1) is 15.6. The van der Waals surface area contributed by atoms with Crippen molar-refractivity contribution in [1.82, 2.24) is 19.7 Å². The molecule has 0 unspecified atom stereocenters. The van der Waals surface area contributed by atoms with Crippen molar-refractivity contribution in [3.63, 3.8) is 0 Å². The van der Waals surface area contributed by atoms with Gasteiger partial charge in [0.05, 0.1) is 34.9 Å². The van der Waals surface area contributed by atoms with Crippen LogP contribution >= 0.6 is 11.6 Å². The summed E-state index contributed by atoms with van der Waals surface area (Å²) >= 11 is 6.12. The third-order valence-electron chi connectivity index (χ3n) is 4.80. The second kappa shape index (κ2) is 6.16. The molecule has 0 saturated carbocycles. The van der Waals surface area contributed by atoms with Gasteiger partial charge in [-0.1, -0.05) is 17.7 Å². The average Bonchev–Trinajstić information content (AvgIpc) is 3.05. The van der Waals surface area contributed by atoms with E-state index in [1.165, 1.54) is 0 Å². The van der Waals surface area contributed by atoms with Gasteiger partial charge in [0.2, 0.25) is 0 Å². The standard InChI is InChI=1S/C18H19ClN4O/c19-13-5-6-17-21-9-15(23(17)10-13)14-3-1-4-16(22-14)18(12-24)7-2-8-20-11-18/h1,3-6,9-10,20,24H,2,7-8,11-12H2/t18-/m0/s1. The molecule has 0 amide bonds. The summed E-state index contributed by atoms with van der Waals surface area (Å²) in [4.78, 5) is 9.28. The number of aliphatic hydroxyl groups is 1. The fourth-order valence-corrected chi connectivity index (χ4v) is 3.58. The van der Waals surface area contributed by atoms with Crippen LogP contribution in [0.2, 0.25) is 5.02 Å². The predicted molar refractivity (Wildman–Crippen MR) is 94.3 cm³/mol. The highest BCUT2D eigenvalue weighted by Crippen LogP contribution is 2.31. The summed E-state index contributed by atoms with van der Waals surface area (Å²) in [5.41, 5.74) is 3.17. The van der Waals surface area contributed by atoms with Crippen LogP contribution in [0.4, 0.5) is 0 Å². The van der Waals surface area contributed by atoms with E-state index < -0.39 is 0 Å². The first-order chi connectivity index (χ1) is 11.7. The molecule has 1 aliphatic heterocycles. The molecule has 0 bridgehead atoms. The van der Waals surface area contributed by atoms with Gasteiger partial charge in [-0.25, -0.2) is 4.98 Å². The minimum atomic E-state index is -0.313. The molecule has 1 aliphatic rings. The summed E-state index contributed by atoms with van der Waals surface area (Å²) in [6.45, 7) is 1.83. The monoisotopic (exact) mass is 342 g/mol. The Morgan fingerprint density at radius 3 is 3.00 bits per heavy atom. The van der Waals surface area contributed by atoms with Crippen LogP contribution in [0.15, 0.2) is 42.7 Å². The molecule has 5 nitrogen and oxygen atoms in total. The van der Waals surface area contributed by atoms with Gasteiger partial charge in [0, 0.05) is 18.2 Å². The van der Waals surface area contributed by atoms with Gasteiger partial charge in [-0.05, 0) is 43.7 Å². The Bertz CT molecular complexity index is 870. The molecular weight excluding hydrogens is 324 g/mol. The molecular formula is C18H19ClN4O. The van der Waals surface area contributed by atoms with Crippen LogP contribution < -0.4 is 5.32 Å². The first-order valence-electron chi connectivity index (χ1n) is 8.14. The summed E-state index contributed by atoms with van der Waals surface area (Å²) in [5.74, 6) is 0. The van der Waals surface area contributed by atoms with E-state index in [9.17, 15) is 5.11 Å². The van der Waals surface area contributed by atoms with Crippen LogP contribution in [-0.4, -0.2) is 39.2 Å². The second-order valence-electron chi connectivity index (χ2n) is 6.35.